The first-order valence-electron chi connectivity index (χ1n) is 9.99. The Bertz CT molecular complexity index is 1830. The van der Waals surface area contributed by atoms with Crippen LogP contribution in [0.4, 0.5) is 11.4 Å². The van der Waals surface area contributed by atoms with Crippen molar-refractivity contribution in [3.8, 4) is 5.75 Å². The van der Waals surface area contributed by atoms with Crippen molar-refractivity contribution < 1.29 is 40.3 Å². The maximum atomic E-state index is 12.7. The topological polar surface area (TPSA) is 200 Å². The highest BCUT2D eigenvalue weighted by atomic mass is 32.2. The highest BCUT2D eigenvalue weighted by Gasteiger charge is 2.23. The average molecular weight is 546 g/mol. The Morgan fingerprint density at radius 1 is 0.946 bits per heavy atom. The molecule has 0 unspecified atom stereocenters. The van der Waals surface area contributed by atoms with Crippen molar-refractivity contribution in [2.45, 2.75) is 9.79 Å². The second-order valence-corrected chi connectivity index (χ2v) is 10.6. The molecule has 0 radical (unpaired) electrons. The number of non-ortho nitro benzene ring substituents is 1. The fraction of sp³-hybridized carbons (Fsp3) is 0. The van der Waals surface area contributed by atoms with Crippen molar-refractivity contribution in [1.29, 1.82) is 0 Å². The van der Waals surface area contributed by atoms with Crippen LogP contribution in [0.1, 0.15) is 10.4 Å². The molecule has 0 spiro atoms. The average Bonchev–Trinajstić information content (AvgIpc) is 2.85. The molecule has 4 aromatic rings. The largest absolute Gasteiger partial charge is 0.478 e. The van der Waals surface area contributed by atoms with Crippen molar-refractivity contribution in [3.63, 3.8) is 0 Å². The minimum atomic E-state index is -4.47. The summed E-state index contributed by atoms with van der Waals surface area (Å²) in [7, 11) is -8.90. The first-order valence-corrected chi connectivity index (χ1v) is 12.9. The van der Waals surface area contributed by atoms with Crippen LogP contribution in [0.15, 0.2) is 91.8 Å². The molecule has 1 aromatic heterocycles. The predicted octanol–water partition coefficient (Wildman–Crippen LogP) is 2.97. The lowest BCUT2D eigenvalue weighted by molar-refractivity contribution is -0.385. The molecule has 4 rings (SSSR count). The monoisotopic (exact) mass is 546 g/mol. The molecule has 13 nitrogen and oxygen atoms in total. The summed E-state index contributed by atoms with van der Waals surface area (Å²) < 4.78 is 63.0. The number of anilines is 1. The van der Waals surface area contributed by atoms with Crippen LogP contribution in [0.2, 0.25) is 0 Å². The van der Waals surface area contributed by atoms with Crippen molar-refractivity contribution in [2.24, 2.45) is 0 Å². The Labute approximate surface area is 207 Å². The number of sulfonamides is 1. The number of nitrogens with one attached hydrogen (secondary N) is 1. The van der Waals surface area contributed by atoms with Gasteiger partial charge in [0.1, 0.15) is 10.6 Å². The van der Waals surface area contributed by atoms with Gasteiger partial charge in [0.05, 0.1) is 15.4 Å². The number of nitro benzene ring substituents is 1. The van der Waals surface area contributed by atoms with Gasteiger partial charge in [-0.2, -0.15) is 8.42 Å². The van der Waals surface area contributed by atoms with Gasteiger partial charge in [0.15, 0.2) is 11.3 Å². The summed E-state index contributed by atoms with van der Waals surface area (Å²) in [6.07, 6.45) is 0. The first-order chi connectivity index (χ1) is 17.4. The molecule has 2 N–H and O–H groups in total. The third kappa shape index (κ3) is 5.26. The number of carboxylic acid groups (broad SMARTS) is 1. The molecule has 37 heavy (non-hydrogen) atoms. The minimum Gasteiger partial charge on any atom is -0.478 e. The number of fused-ring (bicyclic) bond motifs is 1. The number of nitrogens with zero attached hydrogens (tertiary/aromatic N) is 1. The van der Waals surface area contributed by atoms with Gasteiger partial charge in [0.25, 0.3) is 15.7 Å². The van der Waals surface area contributed by atoms with Crippen LogP contribution in [-0.2, 0) is 20.1 Å². The molecule has 0 aliphatic rings. The smallest absolute Gasteiger partial charge is 0.360 e. The molecule has 0 saturated heterocycles. The van der Waals surface area contributed by atoms with Crippen LogP contribution in [0.25, 0.3) is 11.0 Å². The zero-order valence-corrected chi connectivity index (χ0v) is 19.9. The molecular formula is C22H14N2O11S2. The Balaban J connectivity index is 1.68. The highest BCUT2D eigenvalue weighted by molar-refractivity contribution is 7.92. The summed E-state index contributed by atoms with van der Waals surface area (Å²) >= 11 is 0. The van der Waals surface area contributed by atoms with Crippen molar-refractivity contribution in [1.82, 2.24) is 0 Å². The van der Waals surface area contributed by atoms with E-state index in [4.69, 9.17) is 13.7 Å². The Hall–Kier alpha value is -4.76. The maximum Gasteiger partial charge on any atom is 0.360 e. The summed E-state index contributed by atoms with van der Waals surface area (Å²) in [5.74, 6) is -1.64. The van der Waals surface area contributed by atoms with Crippen LogP contribution in [-0.4, -0.2) is 32.8 Å². The Morgan fingerprint density at radius 3 is 2.27 bits per heavy atom. The molecule has 3 aromatic carbocycles. The highest BCUT2D eigenvalue weighted by Crippen LogP contribution is 2.29. The van der Waals surface area contributed by atoms with Gasteiger partial charge < -0.3 is 13.7 Å². The lowest BCUT2D eigenvalue weighted by Crippen LogP contribution is -2.18. The number of benzene rings is 3. The van der Waals surface area contributed by atoms with E-state index >= 15 is 0 Å². The van der Waals surface area contributed by atoms with E-state index in [-0.39, 0.29) is 27.2 Å². The standard InChI is InChI=1S/C22H14N2O11S2/c25-21(26)13-7-9-16(10-8-13)37(32,33)35-19-6-1-3-14-11-18(22(27)34-20(14)19)23-36(30,31)17-5-2-4-15(12-17)24(28)29/h1-12,23H,(H,25,26). The van der Waals surface area contributed by atoms with E-state index in [1.807, 2.05) is 4.72 Å². The molecule has 0 bridgehead atoms. The van der Waals surface area contributed by atoms with Gasteiger partial charge in [-0.1, -0.05) is 18.2 Å². The van der Waals surface area contributed by atoms with Crippen LogP contribution < -0.4 is 14.5 Å². The Morgan fingerprint density at radius 2 is 1.62 bits per heavy atom. The van der Waals surface area contributed by atoms with Crippen LogP contribution in [0.5, 0.6) is 5.75 Å². The SMILES string of the molecule is O=C(O)c1ccc(S(=O)(=O)Oc2cccc3cc(NS(=O)(=O)c4cccc([N+](=O)[O-])c4)c(=O)oc23)cc1. The molecule has 0 aliphatic heterocycles. The molecule has 0 aliphatic carbocycles. The quantitative estimate of drug-likeness (QED) is 0.142. The third-order valence-electron chi connectivity index (χ3n) is 4.90. The minimum absolute atomic E-state index is 0.0882. The summed E-state index contributed by atoms with van der Waals surface area (Å²) in [6.45, 7) is 0. The van der Waals surface area contributed by atoms with Crippen LogP contribution >= 0.6 is 0 Å². The van der Waals surface area contributed by atoms with Gasteiger partial charge in [0, 0.05) is 17.5 Å². The summed E-state index contributed by atoms with van der Waals surface area (Å²) in [5.41, 5.74) is -2.66. The molecule has 15 heteroatoms. The van der Waals surface area contributed by atoms with E-state index in [0.717, 1.165) is 54.6 Å². The first kappa shape index (κ1) is 25.3. The van der Waals surface area contributed by atoms with Gasteiger partial charge in [-0.25, -0.2) is 18.0 Å². The number of rotatable bonds is 8. The lowest BCUT2D eigenvalue weighted by atomic mass is 10.2. The fourth-order valence-electron chi connectivity index (χ4n) is 3.15. The molecule has 1 heterocycles. The second-order valence-electron chi connectivity index (χ2n) is 7.35. The number of carboxylic acids is 1. The number of nitro groups is 1. The van der Waals surface area contributed by atoms with Crippen molar-refractivity contribution in [2.75, 3.05) is 4.72 Å². The van der Waals surface area contributed by atoms with Crippen LogP contribution in [0, 0.1) is 10.1 Å². The van der Waals surface area contributed by atoms with Gasteiger partial charge in [-0.15, -0.1) is 0 Å². The van der Waals surface area contributed by atoms with E-state index in [0.29, 0.717) is 0 Å². The van der Waals surface area contributed by atoms with Crippen LogP contribution in [0.3, 0.4) is 0 Å². The molecule has 0 fully saturated rings. The summed E-state index contributed by atoms with van der Waals surface area (Å²) in [6, 6.07) is 13.4. The third-order valence-corrected chi connectivity index (χ3v) is 7.51. The fourth-order valence-corrected chi connectivity index (χ4v) is 5.17. The van der Waals surface area contributed by atoms with E-state index in [9.17, 15) is 36.5 Å². The zero-order chi connectivity index (χ0) is 27.0. The number of para-hydroxylation sites is 1. The molecule has 190 valence electrons. The molecule has 0 saturated carbocycles. The van der Waals surface area contributed by atoms with Crippen molar-refractivity contribution in [3.05, 3.63) is 98.9 Å². The lowest BCUT2D eigenvalue weighted by Gasteiger charge is -2.11. The van der Waals surface area contributed by atoms with Gasteiger partial charge in [0.2, 0.25) is 0 Å². The van der Waals surface area contributed by atoms with Crippen molar-refractivity contribution >= 4 is 48.5 Å². The van der Waals surface area contributed by atoms with Gasteiger partial charge >= 0.3 is 21.7 Å². The number of aromatic carboxylic acids is 1. The number of carbonyl (C=O) groups is 1. The summed E-state index contributed by atoms with van der Waals surface area (Å²) in [5, 5.41) is 20.0. The molecule has 0 atom stereocenters. The normalized spacial score (nSPS) is 11.7. The van der Waals surface area contributed by atoms with E-state index in [2.05, 4.69) is 0 Å². The van der Waals surface area contributed by atoms with Gasteiger partial charge in [-0.05, 0) is 42.5 Å². The van der Waals surface area contributed by atoms with E-state index < -0.39 is 52.9 Å². The van der Waals surface area contributed by atoms with Gasteiger partial charge in [-0.3, -0.25) is 14.8 Å². The van der Waals surface area contributed by atoms with E-state index in [1.165, 1.54) is 18.2 Å². The zero-order valence-electron chi connectivity index (χ0n) is 18.2. The summed E-state index contributed by atoms with van der Waals surface area (Å²) in [4.78, 5) is 32.9. The number of hydrogen-bond donors (Lipinski definition) is 2. The molecular weight excluding hydrogens is 532 g/mol. The predicted molar refractivity (Wildman–Crippen MR) is 128 cm³/mol. The second kappa shape index (κ2) is 9.36. The molecule has 0 amide bonds. The number of hydrogen-bond acceptors (Lipinski definition) is 10. The van der Waals surface area contributed by atoms with E-state index in [1.54, 1.807) is 0 Å². The maximum absolute atomic E-state index is 12.7. The Kier molecular flexibility index (Phi) is 6.41.